The predicted molar refractivity (Wildman–Crippen MR) is 144 cm³/mol. The number of hydrogen-bond donors (Lipinski definition) is 2. The van der Waals surface area contributed by atoms with E-state index in [1.165, 1.54) is 6.07 Å². The van der Waals surface area contributed by atoms with Crippen molar-refractivity contribution in [2.75, 3.05) is 26.2 Å². The molecule has 6 nitrogen and oxygen atoms in total. The number of benzene rings is 2. The third-order valence-corrected chi connectivity index (χ3v) is 8.97. The normalized spacial score (nSPS) is 15.1. The van der Waals surface area contributed by atoms with Crippen molar-refractivity contribution in [3.05, 3.63) is 95.4 Å². The van der Waals surface area contributed by atoms with E-state index in [4.69, 9.17) is 16.3 Å². The summed E-state index contributed by atoms with van der Waals surface area (Å²) >= 11 is 7.25. The van der Waals surface area contributed by atoms with Gasteiger partial charge in [0.25, 0.3) is 10.0 Å². The molecule has 4 rings (SSSR count). The van der Waals surface area contributed by atoms with Gasteiger partial charge >= 0.3 is 0 Å². The van der Waals surface area contributed by atoms with Crippen molar-refractivity contribution in [1.82, 2.24) is 14.9 Å². The van der Waals surface area contributed by atoms with Crippen LogP contribution in [0.3, 0.4) is 0 Å². The smallest absolute Gasteiger partial charge is 0.250 e. The maximum Gasteiger partial charge on any atom is 0.250 e. The number of piperazine rings is 1. The summed E-state index contributed by atoms with van der Waals surface area (Å²) in [4.78, 5) is 2.31. The largest absolute Gasteiger partial charge is 0.446 e. The molecule has 9 heteroatoms. The molecule has 1 aromatic heterocycles. The van der Waals surface area contributed by atoms with Gasteiger partial charge in [-0.3, -0.25) is 0 Å². The molecule has 1 aliphatic rings. The second-order valence-electron chi connectivity index (χ2n) is 8.14. The van der Waals surface area contributed by atoms with E-state index < -0.39 is 10.0 Å². The van der Waals surface area contributed by atoms with E-state index in [0.29, 0.717) is 5.76 Å². The molecule has 0 amide bonds. The average Bonchev–Trinajstić information content (AvgIpc) is 3.24. The Balaban J connectivity index is 1.39. The molecule has 0 bridgehead atoms. The maximum atomic E-state index is 12.9. The van der Waals surface area contributed by atoms with Gasteiger partial charge in [0, 0.05) is 38.4 Å². The highest BCUT2D eigenvalue weighted by atomic mass is 35.5. The topological polar surface area (TPSA) is 70.7 Å². The second-order valence-corrected chi connectivity index (χ2v) is 11.6. The highest BCUT2D eigenvalue weighted by Crippen LogP contribution is 2.38. The molecule has 0 aliphatic carbocycles. The summed E-state index contributed by atoms with van der Waals surface area (Å²) in [5, 5.41) is 5.91. The van der Waals surface area contributed by atoms with Crippen LogP contribution in [-0.2, 0) is 16.6 Å². The van der Waals surface area contributed by atoms with Gasteiger partial charge in [0.2, 0.25) is 5.06 Å². The lowest BCUT2D eigenvalue weighted by Crippen LogP contribution is -2.42. The lowest BCUT2D eigenvalue weighted by molar-refractivity contribution is 0.300. The Morgan fingerprint density at radius 1 is 1.23 bits per heavy atom. The zero-order valence-corrected chi connectivity index (χ0v) is 21.8. The summed E-state index contributed by atoms with van der Waals surface area (Å²) in [6.07, 6.45) is 5.60. The number of hydrogen-bond acceptors (Lipinski definition) is 6. The van der Waals surface area contributed by atoms with Crippen LogP contribution in [0.2, 0.25) is 5.02 Å². The minimum Gasteiger partial charge on any atom is -0.446 e. The quantitative estimate of drug-likeness (QED) is 0.291. The molecule has 0 unspecified atom stereocenters. The van der Waals surface area contributed by atoms with Crippen LogP contribution in [-0.4, -0.2) is 39.5 Å². The minimum absolute atomic E-state index is 0.0870. The average molecular weight is 530 g/mol. The van der Waals surface area contributed by atoms with Crippen molar-refractivity contribution >= 4 is 43.7 Å². The van der Waals surface area contributed by atoms with Crippen LogP contribution in [0.4, 0.5) is 0 Å². The number of ether oxygens (including phenoxy) is 1. The molecule has 2 heterocycles. The number of sulfonamides is 1. The van der Waals surface area contributed by atoms with Gasteiger partial charge in [-0.1, -0.05) is 78.1 Å². The molecule has 1 saturated heterocycles. The first-order chi connectivity index (χ1) is 16.8. The van der Waals surface area contributed by atoms with Gasteiger partial charge in [0.1, 0.15) is 9.97 Å². The van der Waals surface area contributed by atoms with Gasteiger partial charge in [0.15, 0.2) is 0 Å². The van der Waals surface area contributed by atoms with E-state index in [2.05, 4.69) is 28.4 Å². The SMILES string of the molecule is C=C(/C=C\C=C(/C)N1CCNCC1)Oc1sc(S(=O)(=O)NCc2cccc3ccccc23)cc1Cl. The Kier molecular flexibility index (Phi) is 8.30. The number of fused-ring (bicyclic) bond motifs is 1. The van der Waals surface area contributed by atoms with Crippen molar-refractivity contribution in [2.45, 2.75) is 17.7 Å². The van der Waals surface area contributed by atoms with Crippen LogP contribution in [0.5, 0.6) is 5.06 Å². The van der Waals surface area contributed by atoms with E-state index >= 15 is 0 Å². The molecule has 0 saturated carbocycles. The second kappa shape index (κ2) is 11.4. The zero-order chi connectivity index (χ0) is 24.8. The fourth-order valence-electron chi connectivity index (χ4n) is 3.80. The fourth-order valence-corrected chi connectivity index (χ4v) is 6.46. The molecular formula is C26H28ClN3O3S2. The monoisotopic (exact) mass is 529 g/mol. The van der Waals surface area contributed by atoms with Gasteiger partial charge in [-0.15, -0.1) is 0 Å². The van der Waals surface area contributed by atoms with Crippen molar-refractivity contribution in [2.24, 2.45) is 0 Å². The van der Waals surface area contributed by atoms with Gasteiger partial charge in [-0.25, -0.2) is 13.1 Å². The van der Waals surface area contributed by atoms with Crippen molar-refractivity contribution in [3.63, 3.8) is 0 Å². The first-order valence-electron chi connectivity index (χ1n) is 11.3. The summed E-state index contributed by atoms with van der Waals surface area (Å²) < 4.78 is 34.3. The Labute approximate surface area is 215 Å². The molecule has 184 valence electrons. The molecule has 3 aromatic rings. The molecule has 0 spiro atoms. The van der Waals surface area contributed by atoms with E-state index in [0.717, 1.165) is 59.5 Å². The standard InChI is InChI=1S/C26H28ClN3O3S2/c1-19(30-15-13-28-14-16-30)7-5-8-20(2)33-26-24(27)17-25(34-26)35(31,32)29-18-22-11-6-10-21-9-3-4-12-23(21)22/h3-12,17,28-29H,2,13-16,18H2,1H3/b8-5-,19-7+. The van der Waals surface area contributed by atoms with E-state index in [-0.39, 0.29) is 20.8 Å². The number of nitrogens with one attached hydrogen (secondary N) is 2. The van der Waals surface area contributed by atoms with E-state index in [1.54, 1.807) is 6.08 Å². The van der Waals surface area contributed by atoms with Crippen molar-refractivity contribution < 1.29 is 13.2 Å². The van der Waals surface area contributed by atoms with Crippen LogP contribution in [0, 0.1) is 0 Å². The number of nitrogens with zero attached hydrogens (tertiary/aromatic N) is 1. The fraction of sp³-hybridized carbons (Fsp3) is 0.231. The van der Waals surface area contributed by atoms with Crippen LogP contribution in [0.15, 0.2) is 89.0 Å². The maximum absolute atomic E-state index is 12.9. The highest BCUT2D eigenvalue weighted by molar-refractivity contribution is 7.91. The van der Waals surface area contributed by atoms with Crippen LogP contribution < -0.4 is 14.8 Å². The lowest BCUT2D eigenvalue weighted by Gasteiger charge is -2.29. The molecule has 0 radical (unpaired) electrons. The molecule has 35 heavy (non-hydrogen) atoms. The van der Waals surface area contributed by atoms with E-state index in [9.17, 15) is 8.42 Å². The number of allylic oxidation sites excluding steroid dienone is 4. The highest BCUT2D eigenvalue weighted by Gasteiger charge is 2.21. The molecule has 1 fully saturated rings. The van der Waals surface area contributed by atoms with E-state index in [1.807, 2.05) is 54.6 Å². The predicted octanol–water partition coefficient (Wildman–Crippen LogP) is 5.29. The third-order valence-electron chi connectivity index (χ3n) is 5.69. The molecular weight excluding hydrogens is 502 g/mol. The van der Waals surface area contributed by atoms with Gasteiger partial charge < -0.3 is 15.0 Å². The number of thiophene rings is 1. The lowest BCUT2D eigenvalue weighted by atomic mass is 10.1. The Morgan fingerprint density at radius 2 is 1.97 bits per heavy atom. The summed E-state index contributed by atoms with van der Waals surface area (Å²) in [5.41, 5.74) is 2.06. The Hall–Kier alpha value is -2.62. The zero-order valence-electron chi connectivity index (χ0n) is 19.5. The minimum atomic E-state index is -3.77. The van der Waals surface area contributed by atoms with Gasteiger partial charge in [0.05, 0.1) is 5.02 Å². The van der Waals surface area contributed by atoms with Crippen molar-refractivity contribution in [1.29, 1.82) is 0 Å². The third kappa shape index (κ3) is 6.54. The summed E-state index contributed by atoms with van der Waals surface area (Å²) in [6, 6.07) is 15.1. The Morgan fingerprint density at radius 3 is 2.77 bits per heavy atom. The first-order valence-corrected chi connectivity index (χ1v) is 13.9. The first kappa shape index (κ1) is 25.5. The summed E-state index contributed by atoms with van der Waals surface area (Å²) in [6.45, 7) is 10.0. The molecule has 0 atom stereocenters. The molecule has 2 aromatic carbocycles. The summed E-state index contributed by atoms with van der Waals surface area (Å²) in [5.74, 6) is 0.366. The molecule has 1 aliphatic heterocycles. The van der Waals surface area contributed by atoms with Crippen LogP contribution >= 0.6 is 22.9 Å². The van der Waals surface area contributed by atoms with Crippen LogP contribution in [0.25, 0.3) is 10.8 Å². The number of halogens is 1. The summed E-state index contributed by atoms with van der Waals surface area (Å²) in [7, 11) is -3.77. The van der Waals surface area contributed by atoms with Gasteiger partial charge in [-0.05, 0) is 41.5 Å². The van der Waals surface area contributed by atoms with Crippen LogP contribution in [0.1, 0.15) is 12.5 Å². The molecule has 2 N–H and O–H groups in total. The number of rotatable bonds is 9. The van der Waals surface area contributed by atoms with Crippen molar-refractivity contribution in [3.8, 4) is 5.06 Å². The Bertz CT molecular complexity index is 1370. The van der Waals surface area contributed by atoms with Gasteiger partial charge in [-0.2, -0.15) is 0 Å².